The first-order valence-corrected chi connectivity index (χ1v) is 6.14. The third kappa shape index (κ3) is 4.63. The molecule has 0 aromatic heterocycles. The van der Waals surface area contributed by atoms with Crippen LogP contribution in [0, 0.1) is 0 Å². The molecule has 0 aliphatic rings. The maximum Gasteiger partial charge on any atom is 0.444 e. The molecule has 0 saturated heterocycles. The van der Waals surface area contributed by atoms with E-state index in [1.54, 1.807) is 0 Å². The summed E-state index contributed by atoms with van der Waals surface area (Å²) in [6.45, 7) is 0. The number of halogens is 6. The molecule has 0 aliphatic heterocycles. The Labute approximate surface area is 122 Å². The number of alkyl halides is 5. The molecule has 3 nitrogen and oxygen atoms in total. The highest BCUT2D eigenvalue weighted by Gasteiger charge is 2.42. The van der Waals surface area contributed by atoms with Crippen LogP contribution in [0.5, 0.6) is 5.75 Å². The Kier molecular flexibility index (Phi) is 5.58. The van der Waals surface area contributed by atoms with Crippen LogP contribution >= 0.6 is 34.8 Å². The van der Waals surface area contributed by atoms with E-state index >= 15 is 0 Å². The first kappa shape index (κ1) is 16.2. The molecule has 2 N–H and O–H groups in total. The third-order valence-electron chi connectivity index (χ3n) is 1.82. The Morgan fingerprint density at radius 1 is 1.47 bits per heavy atom. The summed E-state index contributed by atoms with van der Waals surface area (Å²) < 4.78 is 42.6. The molecule has 0 heterocycles. The van der Waals surface area contributed by atoms with E-state index in [0.29, 0.717) is 0 Å². The van der Waals surface area contributed by atoms with Gasteiger partial charge in [-0.15, -0.1) is 11.6 Å². The van der Waals surface area contributed by atoms with Crippen molar-refractivity contribution in [3.8, 4) is 5.75 Å². The van der Waals surface area contributed by atoms with Gasteiger partial charge < -0.3 is 10.5 Å². The second kappa shape index (κ2) is 6.54. The van der Waals surface area contributed by atoms with Gasteiger partial charge in [0.05, 0.1) is 16.6 Å². The van der Waals surface area contributed by atoms with E-state index in [2.05, 4.69) is 21.3 Å². The summed E-state index contributed by atoms with van der Waals surface area (Å²) in [5.74, 6) is -0.440. The standard InChI is InChI=1S/C10H8Cl3F3N2O/c11-4-8(17)18-5-1-2-6(12)7(3-5)19-10(15,16)9(13)14/h1-3,9H,4H2,(H2,17,18). The molecular formula is C10H8Cl3F3N2O. The molecule has 0 fully saturated rings. The minimum absolute atomic E-state index is 0.0385. The van der Waals surface area contributed by atoms with Crippen molar-refractivity contribution in [2.75, 3.05) is 5.88 Å². The van der Waals surface area contributed by atoms with Crippen molar-refractivity contribution in [1.82, 2.24) is 0 Å². The van der Waals surface area contributed by atoms with Gasteiger partial charge in [-0.2, -0.15) is 8.78 Å². The molecule has 0 amide bonds. The van der Waals surface area contributed by atoms with Crippen molar-refractivity contribution in [1.29, 1.82) is 0 Å². The van der Waals surface area contributed by atoms with Gasteiger partial charge in [0, 0.05) is 6.07 Å². The number of benzene rings is 1. The molecule has 0 bridgehead atoms. The number of hydrogen-bond donors (Lipinski definition) is 1. The fourth-order valence-corrected chi connectivity index (χ4v) is 1.29. The average molecular weight is 336 g/mol. The number of aliphatic imine (C=N–C) groups is 1. The summed E-state index contributed by atoms with van der Waals surface area (Å²) in [5, 5.41) is -0.152. The number of nitrogens with zero attached hydrogens (tertiary/aromatic N) is 1. The molecule has 19 heavy (non-hydrogen) atoms. The van der Waals surface area contributed by atoms with E-state index in [0.717, 1.165) is 6.07 Å². The predicted molar refractivity (Wildman–Crippen MR) is 69.8 cm³/mol. The summed E-state index contributed by atoms with van der Waals surface area (Å²) in [7, 11) is 0. The molecule has 0 spiro atoms. The van der Waals surface area contributed by atoms with Crippen LogP contribution in [-0.4, -0.2) is 23.5 Å². The highest BCUT2D eigenvalue weighted by Crippen LogP contribution is 2.35. The highest BCUT2D eigenvalue weighted by atomic mass is 35.5. The number of hydrogen-bond acceptors (Lipinski definition) is 2. The Hall–Kier alpha value is -0.850. The Bertz CT molecular complexity index is 483. The summed E-state index contributed by atoms with van der Waals surface area (Å²) in [6, 6.07) is 3.71. The van der Waals surface area contributed by atoms with Crippen molar-refractivity contribution >= 4 is 46.3 Å². The van der Waals surface area contributed by atoms with Crippen LogP contribution in [0.3, 0.4) is 0 Å². The van der Waals surface area contributed by atoms with E-state index in [1.807, 2.05) is 0 Å². The van der Waals surface area contributed by atoms with Gasteiger partial charge in [0.15, 0.2) is 0 Å². The Balaban J connectivity index is 3.05. The average Bonchev–Trinajstić information content (AvgIpc) is 2.32. The highest BCUT2D eigenvalue weighted by molar-refractivity contribution is 6.32. The fraction of sp³-hybridized carbons (Fsp3) is 0.300. The molecular weight excluding hydrogens is 327 g/mol. The van der Waals surface area contributed by atoms with E-state index in [1.165, 1.54) is 12.1 Å². The van der Waals surface area contributed by atoms with E-state index in [4.69, 9.17) is 28.9 Å². The summed E-state index contributed by atoms with van der Waals surface area (Å²) >= 11 is 15.7. The molecule has 1 unspecified atom stereocenters. The van der Waals surface area contributed by atoms with E-state index < -0.39 is 17.5 Å². The predicted octanol–water partition coefficient (Wildman–Crippen LogP) is 4.07. The van der Waals surface area contributed by atoms with Gasteiger partial charge in [-0.25, -0.2) is 9.38 Å². The molecule has 1 aromatic rings. The van der Waals surface area contributed by atoms with Crippen LogP contribution in [0.4, 0.5) is 18.9 Å². The Morgan fingerprint density at radius 3 is 2.63 bits per heavy atom. The maximum atomic E-state index is 13.0. The number of rotatable bonds is 5. The molecule has 1 atom stereocenters. The van der Waals surface area contributed by atoms with E-state index in [-0.39, 0.29) is 22.4 Å². The molecule has 1 rings (SSSR count). The molecule has 0 radical (unpaired) electrons. The lowest BCUT2D eigenvalue weighted by atomic mass is 10.3. The molecule has 1 aromatic carbocycles. The number of nitrogens with two attached hydrogens (primary N) is 1. The third-order valence-corrected chi connectivity index (χ3v) is 2.66. The smallest absolute Gasteiger partial charge is 0.428 e. The van der Waals surface area contributed by atoms with Gasteiger partial charge in [0.25, 0.3) is 5.63 Å². The number of ether oxygens (including phenoxy) is 1. The minimum Gasteiger partial charge on any atom is -0.428 e. The monoisotopic (exact) mass is 334 g/mol. The SMILES string of the molecule is NC(CCl)=Nc1ccc(Cl)c(OC(F)(F)C(F)Cl)c1. The van der Waals surface area contributed by atoms with Crippen molar-refractivity contribution in [2.24, 2.45) is 10.7 Å². The van der Waals surface area contributed by atoms with Crippen molar-refractivity contribution in [3.63, 3.8) is 0 Å². The van der Waals surface area contributed by atoms with Crippen LogP contribution in [-0.2, 0) is 0 Å². The summed E-state index contributed by atoms with van der Waals surface area (Å²) in [6.07, 6.45) is -4.22. The zero-order valence-corrected chi connectivity index (χ0v) is 11.5. The van der Waals surface area contributed by atoms with Gasteiger partial charge in [-0.3, -0.25) is 0 Å². The zero-order chi connectivity index (χ0) is 14.6. The first-order chi connectivity index (χ1) is 8.76. The van der Waals surface area contributed by atoms with Crippen LogP contribution in [0.1, 0.15) is 0 Å². The lowest BCUT2D eigenvalue weighted by Crippen LogP contribution is -2.32. The minimum atomic E-state index is -4.22. The zero-order valence-electron chi connectivity index (χ0n) is 9.22. The van der Waals surface area contributed by atoms with Gasteiger partial charge in [-0.1, -0.05) is 23.2 Å². The first-order valence-electron chi connectivity index (χ1n) is 4.80. The number of amidine groups is 1. The van der Waals surface area contributed by atoms with Crippen LogP contribution in [0.2, 0.25) is 5.02 Å². The Morgan fingerprint density at radius 2 is 2.11 bits per heavy atom. The van der Waals surface area contributed by atoms with Crippen molar-refractivity contribution < 1.29 is 17.9 Å². The van der Waals surface area contributed by atoms with Crippen LogP contribution in [0.15, 0.2) is 23.2 Å². The molecule has 106 valence electrons. The van der Waals surface area contributed by atoms with E-state index in [9.17, 15) is 13.2 Å². The molecule has 9 heteroatoms. The second-order valence-corrected chi connectivity index (χ2v) is 4.37. The van der Waals surface area contributed by atoms with Crippen LogP contribution in [0.25, 0.3) is 0 Å². The molecule has 0 saturated carbocycles. The summed E-state index contributed by atoms with van der Waals surface area (Å²) in [5.41, 5.74) is 2.55. The van der Waals surface area contributed by atoms with Crippen molar-refractivity contribution in [2.45, 2.75) is 11.7 Å². The van der Waals surface area contributed by atoms with Gasteiger partial charge in [-0.05, 0) is 12.1 Å². The molecule has 0 aliphatic carbocycles. The van der Waals surface area contributed by atoms with Crippen LogP contribution < -0.4 is 10.5 Å². The fourth-order valence-electron chi connectivity index (χ4n) is 1.03. The van der Waals surface area contributed by atoms with Gasteiger partial charge >= 0.3 is 6.11 Å². The van der Waals surface area contributed by atoms with Crippen molar-refractivity contribution in [3.05, 3.63) is 23.2 Å². The second-order valence-electron chi connectivity index (χ2n) is 3.32. The lowest BCUT2D eigenvalue weighted by Gasteiger charge is -2.18. The summed E-state index contributed by atoms with van der Waals surface area (Å²) in [4.78, 5) is 3.81. The topological polar surface area (TPSA) is 47.6 Å². The van der Waals surface area contributed by atoms with Gasteiger partial charge in [0.1, 0.15) is 11.6 Å². The maximum absolute atomic E-state index is 13.0. The van der Waals surface area contributed by atoms with Gasteiger partial charge in [0.2, 0.25) is 0 Å². The lowest BCUT2D eigenvalue weighted by molar-refractivity contribution is -0.198. The normalized spacial score (nSPS) is 14.3. The quantitative estimate of drug-likeness (QED) is 0.501. The largest absolute Gasteiger partial charge is 0.444 e.